The second kappa shape index (κ2) is 8.45. The Bertz CT molecular complexity index is 628. The van der Waals surface area contributed by atoms with Gasteiger partial charge in [0, 0.05) is 17.3 Å². The Morgan fingerprint density at radius 2 is 1.91 bits per heavy atom. The van der Waals surface area contributed by atoms with Crippen molar-refractivity contribution in [3.63, 3.8) is 0 Å². The van der Waals surface area contributed by atoms with Crippen LogP contribution < -0.4 is 10.6 Å². The first-order valence-electron chi connectivity index (χ1n) is 7.32. The summed E-state index contributed by atoms with van der Waals surface area (Å²) in [5.74, 6) is 0.353. The topological polar surface area (TPSA) is 70.2 Å². The zero-order chi connectivity index (χ0) is 16.7. The van der Waals surface area contributed by atoms with Gasteiger partial charge in [-0.2, -0.15) is 0 Å². The third kappa shape index (κ3) is 5.84. The maximum absolute atomic E-state index is 11.9. The molecule has 1 amide bonds. The van der Waals surface area contributed by atoms with Gasteiger partial charge in [0.1, 0.15) is 11.5 Å². The molecule has 0 aliphatic heterocycles. The van der Waals surface area contributed by atoms with Crippen molar-refractivity contribution in [2.45, 2.75) is 6.42 Å². The lowest BCUT2D eigenvalue weighted by Crippen LogP contribution is -2.27. The summed E-state index contributed by atoms with van der Waals surface area (Å²) >= 11 is 5.84. The Morgan fingerprint density at radius 1 is 1.17 bits per heavy atom. The van der Waals surface area contributed by atoms with Gasteiger partial charge in [-0.1, -0.05) is 11.6 Å². The van der Waals surface area contributed by atoms with Crippen molar-refractivity contribution in [3.8, 4) is 0 Å². The lowest BCUT2D eigenvalue weighted by atomic mass is 10.3. The molecule has 6 nitrogen and oxygen atoms in total. The number of anilines is 2. The molecule has 0 saturated heterocycles. The van der Waals surface area contributed by atoms with Crippen LogP contribution in [0.3, 0.4) is 0 Å². The maximum Gasteiger partial charge on any atom is 0.271 e. The molecule has 0 bridgehead atoms. The lowest BCUT2D eigenvalue weighted by molar-refractivity contribution is 0.0947. The number of hydrogen-bond acceptors (Lipinski definition) is 5. The predicted molar refractivity (Wildman–Crippen MR) is 92.3 cm³/mol. The molecule has 1 aromatic heterocycles. The van der Waals surface area contributed by atoms with Crippen LogP contribution in [-0.2, 0) is 0 Å². The SMILES string of the molecule is CN(C)CCCNC(=O)c1cnc(Nc2ccc(Cl)cc2)cn1. The molecule has 0 fully saturated rings. The molecule has 2 aromatic rings. The van der Waals surface area contributed by atoms with Crippen molar-refractivity contribution in [1.82, 2.24) is 20.2 Å². The van der Waals surface area contributed by atoms with Gasteiger partial charge in [-0.25, -0.2) is 9.97 Å². The van der Waals surface area contributed by atoms with Crippen LogP contribution in [0.2, 0.25) is 5.02 Å². The molecule has 7 heteroatoms. The number of halogens is 1. The molecule has 0 saturated carbocycles. The van der Waals surface area contributed by atoms with Gasteiger partial charge in [0.25, 0.3) is 5.91 Å². The van der Waals surface area contributed by atoms with Gasteiger partial charge in [-0.3, -0.25) is 4.79 Å². The van der Waals surface area contributed by atoms with Crippen molar-refractivity contribution >= 4 is 29.0 Å². The molecular formula is C16H20ClN5O. The number of nitrogens with zero attached hydrogens (tertiary/aromatic N) is 3. The van der Waals surface area contributed by atoms with Crippen LogP contribution in [0.15, 0.2) is 36.7 Å². The Morgan fingerprint density at radius 3 is 2.52 bits per heavy atom. The number of nitrogens with one attached hydrogen (secondary N) is 2. The van der Waals surface area contributed by atoms with E-state index in [9.17, 15) is 4.79 Å². The standard InChI is InChI=1S/C16H20ClN5O/c1-22(2)9-3-8-18-16(23)14-10-20-15(11-19-14)21-13-6-4-12(17)5-7-13/h4-7,10-11H,3,8-9H2,1-2H3,(H,18,23)(H,20,21). The molecule has 1 heterocycles. The van der Waals surface area contributed by atoms with E-state index in [1.165, 1.54) is 12.4 Å². The first-order chi connectivity index (χ1) is 11.0. The number of aromatic nitrogens is 2. The highest BCUT2D eigenvalue weighted by atomic mass is 35.5. The Kier molecular flexibility index (Phi) is 6.31. The summed E-state index contributed by atoms with van der Waals surface area (Å²) in [6.07, 6.45) is 3.88. The molecule has 0 atom stereocenters. The number of hydrogen-bond donors (Lipinski definition) is 2. The quantitative estimate of drug-likeness (QED) is 0.762. The summed E-state index contributed by atoms with van der Waals surface area (Å²) in [5.41, 5.74) is 1.15. The highest BCUT2D eigenvalue weighted by Crippen LogP contribution is 2.16. The molecule has 23 heavy (non-hydrogen) atoms. The van der Waals surface area contributed by atoms with E-state index in [0.29, 0.717) is 23.1 Å². The van der Waals surface area contributed by atoms with E-state index in [1.54, 1.807) is 12.1 Å². The van der Waals surface area contributed by atoms with E-state index in [1.807, 2.05) is 26.2 Å². The monoisotopic (exact) mass is 333 g/mol. The fourth-order valence-electron chi connectivity index (χ4n) is 1.88. The van der Waals surface area contributed by atoms with Gasteiger partial charge >= 0.3 is 0 Å². The molecule has 0 aliphatic carbocycles. The van der Waals surface area contributed by atoms with E-state index in [-0.39, 0.29) is 5.91 Å². The molecule has 0 radical (unpaired) electrons. The zero-order valence-electron chi connectivity index (χ0n) is 13.2. The Labute approximate surface area is 140 Å². The minimum atomic E-state index is -0.214. The molecular weight excluding hydrogens is 314 g/mol. The van der Waals surface area contributed by atoms with Crippen LogP contribution in [-0.4, -0.2) is 48.0 Å². The molecule has 0 spiro atoms. The number of amides is 1. The fraction of sp³-hybridized carbons (Fsp3) is 0.312. The number of rotatable bonds is 7. The zero-order valence-corrected chi connectivity index (χ0v) is 14.0. The molecule has 0 unspecified atom stereocenters. The maximum atomic E-state index is 11.9. The summed E-state index contributed by atoms with van der Waals surface area (Å²) in [7, 11) is 4.00. The van der Waals surface area contributed by atoms with Crippen molar-refractivity contribution in [3.05, 3.63) is 47.4 Å². The number of benzene rings is 1. The Hall–Kier alpha value is -2.18. The summed E-state index contributed by atoms with van der Waals surface area (Å²) in [4.78, 5) is 22.3. The lowest BCUT2D eigenvalue weighted by Gasteiger charge is -2.10. The normalized spacial score (nSPS) is 10.6. The van der Waals surface area contributed by atoms with Crippen LogP contribution in [0.4, 0.5) is 11.5 Å². The molecule has 122 valence electrons. The van der Waals surface area contributed by atoms with Gasteiger partial charge in [-0.15, -0.1) is 0 Å². The largest absolute Gasteiger partial charge is 0.351 e. The second-order valence-electron chi connectivity index (χ2n) is 5.33. The summed E-state index contributed by atoms with van der Waals surface area (Å²) < 4.78 is 0. The van der Waals surface area contributed by atoms with Gasteiger partial charge in [-0.05, 0) is 51.3 Å². The van der Waals surface area contributed by atoms with Crippen LogP contribution in [0.25, 0.3) is 0 Å². The van der Waals surface area contributed by atoms with E-state index < -0.39 is 0 Å². The van der Waals surface area contributed by atoms with Gasteiger partial charge in [0.2, 0.25) is 0 Å². The first-order valence-corrected chi connectivity index (χ1v) is 7.70. The van der Waals surface area contributed by atoms with E-state index in [0.717, 1.165) is 18.7 Å². The van der Waals surface area contributed by atoms with Crippen molar-refractivity contribution in [1.29, 1.82) is 0 Å². The van der Waals surface area contributed by atoms with Crippen LogP contribution >= 0.6 is 11.6 Å². The second-order valence-corrected chi connectivity index (χ2v) is 5.77. The smallest absolute Gasteiger partial charge is 0.271 e. The molecule has 1 aromatic carbocycles. The first kappa shape index (κ1) is 17.2. The molecule has 2 rings (SSSR count). The molecule has 2 N–H and O–H groups in total. The van der Waals surface area contributed by atoms with E-state index in [2.05, 4.69) is 25.5 Å². The van der Waals surface area contributed by atoms with Crippen molar-refractivity contribution < 1.29 is 4.79 Å². The Balaban J connectivity index is 1.86. The van der Waals surface area contributed by atoms with E-state index >= 15 is 0 Å². The van der Waals surface area contributed by atoms with Gasteiger partial charge in [0.15, 0.2) is 0 Å². The third-order valence-electron chi connectivity index (χ3n) is 3.07. The number of carbonyl (C=O) groups is 1. The minimum Gasteiger partial charge on any atom is -0.351 e. The van der Waals surface area contributed by atoms with Crippen molar-refractivity contribution in [2.75, 3.05) is 32.5 Å². The van der Waals surface area contributed by atoms with Crippen molar-refractivity contribution in [2.24, 2.45) is 0 Å². The fourth-order valence-corrected chi connectivity index (χ4v) is 2.00. The van der Waals surface area contributed by atoms with Gasteiger partial charge in [0.05, 0.1) is 12.4 Å². The number of carbonyl (C=O) groups excluding carboxylic acids is 1. The minimum absolute atomic E-state index is 0.214. The highest BCUT2D eigenvalue weighted by molar-refractivity contribution is 6.30. The van der Waals surface area contributed by atoms with Crippen LogP contribution in [0.5, 0.6) is 0 Å². The van der Waals surface area contributed by atoms with Gasteiger partial charge < -0.3 is 15.5 Å². The van der Waals surface area contributed by atoms with E-state index in [4.69, 9.17) is 11.6 Å². The summed E-state index contributed by atoms with van der Waals surface area (Å²) in [6.45, 7) is 1.54. The third-order valence-corrected chi connectivity index (χ3v) is 3.32. The molecule has 0 aliphatic rings. The average Bonchev–Trinajstić information content (AvgIpc) is 2.54. The highest BCUT2D eigenvalue weighted by Gasteiger charge is 2.07. The van der Waals surface area contributed by atoms with Crippen LogP contribution in [0, 0.1) is 0 Å². The van der Waals surface area contributed by atoms with Crippen LogP contribution in [0.1, 0.15) is 16.9 Å². The average molecular weight is 334 g/mol. The summed E-state index contributed by atoms with van der Waals surface area (Å²) in [6, 6.07) is 7.25. The summed E-state index contributed by atoms with van der Waals surface area (Å²) in [5, 5.41) is 6.59. The predicted octanol–water partition coefficient (Wildman–Crippen LogP) is 2.56.